The van der Waals surface area contributed by atoms with Crippen LogP contribution in [0.5, 0.6) is 5.75 Å². The number of benzene rings is 2. The van der Waals surface area contributed by atoms with E-state index in [2.05, 4.69) is 5.32 Å². The normalized spacial score (nSPS) is 11.7. The summed E-state index contributed by atoms with van der Waals surface area (Å²) >= 11 is 0. The molecule has 4 nitrogen and oxygen atoms in total. The summed E-state index contributed by atoms with van der Waals surface area (Å²) in [7, 11) is 0. The van der Waals surface area contributed by atoms with Gasteiger partial charge < -0.3 is 10.4 Å². The number of nitrogens with zero attached hydrogens (tertiary/aromatic N) is 1. The first-order chi connectivity index (χ1) is 11.9. The number of aromatic hydroxyl groups is 1. The molecule has 0 aliphatic carbocycles. The summed E-state index contributed by atoms with van der Waals surface area (Å²) in [6, 6.07) is 12.2. The molecule has 1 amide bonds. The molecule has 0 saturated carbocycles. The van der Waals surface area contributed by atoms with Crippen molar-refractivity contribution in [3.8, 4) is 11.8 Å². The highest BCUT2D eigenvalue weighted by Crippen LogP contribution is 2.41. The highest BCUT2D eigenvalue weighted by molar-refractivity contribution is 6.04. The van der Waals surface area contributed by atoms with Crippen molar-refractivity contribution in [3.05, 3.63) is 58.7 Å². The number of anilines is 1. The van der Waals surface area contributed by atoms with Crippen molar-refractivity contribution in [2.24, 2.45) is 0 Å². The first-order valence-electron chi connectivity index (χ1n) is 8.63. The summed E-state index contributed by atoms with van der Waals surface area (Å²) in [4.78, 5) is 12.6. The Bertz CT molecular complexity index is 843. The lowest BCUT2D eigenvalue weighted by Crippen LogP contribution is -2.19. The third-order valence-corrected chi connectivity index (χ3v) is 4.24. The van der Waals surface area contributed by atoms with Crippen molar-refractivity contribution in [1.29, 1.82) is 5.26 Å². The zero-order chi connectivity index (χ0) is 19.7. The molecule has 0 aromatic heterocycles. The fraction of sp³-hybridized carbons (Fsp3) is 0.364. The van der Waals surface area contributed by atoms with Crippen molar-refractivity contribution < 1.29 is 9.90 Å². The van der Waals surface area contributed by atoms with Gasteiger partial charge in [-0.05, 0) is 41.2 Å². The fourth-order valence-corrected chi connectivity index (χ4v) is 2.78. The molecule has 2 aromatic carbocycles. The largest absolute Gasteiger partial charge is 0.507 e. The molecule has 0 saturated heterocycles. The second-order valence-electron chi connectivity index (χ2n) is 8.57. The summed E-state index contributed by atoms with van der Waals surface area (Å²) in [5.74, 6) is -0.0121. The SMILES string of the molecule is CC(C)(C)c1cc(NC(=O)c2cccc(C#N)c2)cc(C(C)(C)C)c1O. The van der Waals surface area contributed by atoms with Gasteiger partial charge >= 0.3 is 0 Å². The molecule has 0 heterocycles. The smallest absolute Gasteiger partial charge is 0.255 e. The molecule has 0 bridgehead atoms. The third-order valence-electron chi connectivity index (χ3n) is 4.24. The zero-order valence-corrected chi connectivity index (χ0v) is 16.3. The molecular formula is C22H26N2O2. The monoisotopic (exact) mass is 350 g/mol. The van der Waals surface area contributed by atoms with Gasteiger partial charge in [0.25, 0.3) is 5.91 Å². The summed E-state index contributed by atoms with van der Waals surface area (Å²) in [6.45, 7) is 12.1. The second-order valence-corrected chi connectivity index (χ2v) is 8.57. The molecule has 0 aliphatic rings. The van der Waals surface area contributed by atoms with Gasteiger partial charge in [-0.3, -0.25) is 4.79 Å². The highest BCUT2D eigenvalue weighted by atomic mass is 16.3. The van der Waals surface area contributed by atoms with Gasteiger partial charge in [-0.25, -0.2) is 0 Å². The lowest BCUT2D eigenvalue weighted by Gasteiger charge is -2.28. The van der Waals surface area contributed by atoms with Gasteiger partial charge in [0, 0.05) is 22.4 Å². The Morgan fingerprint density at radius 1 is 1.00 bits per heavy atom. The van der Waals surface area contributed by atoms with Gasteiger partial charge in [0.15, 0.2) is 0 Å². The van der Waals surface area contributed by atoms with Gasteiger partial charge in [-0.1, -0.05) is 47.6 Å². The van der Waals surface area contributed by atoms with E-state index in [9.17, 15) is 9.90 Å². The molecule has 0 radical (unpaired) electrons. The molecule has 136 valence electrons. The maximum atomic E-state index is 12.6. The van der Waals surface area contributed by atoms with Gasteiger partial charge in [-0.2, -0.15) is 5.26 Å². The molecule has 0 fully saturated rings. The number of carbonyl (C=O) groups is 1. The molecule has 0 aliphatic heterocycles. The van der Waals surface area contributed by atoms with Gasteiger partial charge in [-0.15, -0.1) is 0 Å². The summed E-state index contributed by atoms with van der Waals surface area (Å²) < 4.78 is 0. The topological polar surface area (TPSA) is 73.1 Å². The van der Waals surface area contributed by atoms with E-state index in [-0.39, 0.29) is 22.5 Å². The van der Waals surface area contributed by atoms with E-state index in [4.69, 9.17) is 5.26 Å². The first kappa shape index (κ1) is 19.5. The minimum absolute atomic E-state index is 0.272. The molecule has 4 heteroatoms. The van der Waals surface area contributed by atoms with Crippen LogP contribution in [0.15, 0.2) is 36.4 Å². The van der Waals surface area contributed by atoms with E-state index < -0.39 is 0 Å². The first-order valence-corrected chi connectivity index (χ1v) is 8.63. The number of hydrogen-bond acceptors (Lipinski definition) is 3. The molecular weight excluding hydrogens is 324 g/mol. The minimum Gasteiger partial charge on any atom is -0.507 e. The van der Waals surface area contributed by atoms with Crippen LogP contribution >= 0.6 is 0 Å². The van der Waals surface area contributed by atoms with Gasteiger partial charge in [0.1, 0.15) is 5.75 Å². The summed E-state index contributed by atoms with van der Waals surface area (Å²) in [5, 5.41) is 22.7. The lowest BCUT2D eigenvalue weighted by atomic mass is 9.79. The van der Waals surface area contributed by atoms with E-state index in [1.54, 1.807) is 24.3 Å². The van der Waals surface area contributed by atoms with Crippen LogP contribution in [0.3, 0.4) is 0 Å². The number of hydrogen-bond donors (Lipinski definition) is 2. The molecule has 0 unspecified atom stereocenters. The van der Waals surface area contributed by atoms with Crippen LogP contribution in [-0.2, 0) is 10.8 Å². The maximum Gasteiger partial charge on any atom is 0.255 e. The Kier molecular flexibility index (Phi) is 5.13. The van der Waals surface area contributed by atoms with E-state index in [1.165, 1.54) is 0 Å². The predicted octanol–water partition coefficient (Wildman–Crippen LogP) is 5.11. The molecule has 2 rings (SSSR count). The van der Waals surface area contributed by atoms with Crippen molar-refractivity contribution in [1.82, 2.24) is 0 Å². The Morgan fingerprint density at radius 3 is 2.00 bits per heavy atom. The Labute approximate surface area is 155 Å². The number of amides is 1. The number of nitrogens with one attached hydrogen (secondary N) is 1. The van der Waals surface area contributed by atoms with Crippen molar-refractivity contribution in [2.75, 3.05) is 5.32 Å². The van der Waals surface area contributed by atoms with Crippen LogP contribution in [0.4, 0.5) is 5.69 Å². The minimum atomic E-state index is -0.285. The van der Waals surface area contributed by atoms with E-state index in [0.717, 1.165) is 11.1 Å². The van der Waals surface area contributed by atoms with Crippen molar-refractivity contribution in [2.45, 2.75) is 52.4 Å². The van der Waals surface area contributed by atoms with Crippen LogP contribution in [-0.4, -0.2) is 11.0 Å². The fourth-order valence-electron chi connectivity index (χ4n) is 2.78. The second kappa shape index (κ2) is 6.84. The van der Waals surface area contributed by atoms with E-state index in [1.807, 2.05) is 59.7 Å². The quantitative estimate of drug-likeness (QED) is 0.739. The van der Waals surface area contributed by atoms with Crippen LogP contribution in [0.2, 0.25) is 0 Å². The standard InChI is InChI=1S/C22H26N2O2/c1-21(2,3)17-11-16(12-18(19(17)25)22(4,5)6)24-20(26)15-9-7-8-14(10-15)13-23/h7-12,25H,1-6H3,(H,24,26). The molecule has 2 aromatic rings. The lowest BCUT2D eigenvalue weighted by molar-refractivity contribution is 0.102. The van der Waals surface area contributed by atoms with Crippen molar-refractivity contribution in [3.63, 3.8) is 0 Å². The van der Waals surface area contributed by atoms with Crippen LogP contribution in [0.1, 0.15) is 68.6 Å². The van der Waals surface area contributed by atoms with E-state index >= 15 is 0 Å². The maximum absolute atomic E-state index is 12.6. The summed E-state index contributed by atoms with van der Waals surface area (Å²) in [5.41, 5.74) is 2.51. The average molecular weight is 350 g/mol. The number of carbonyl (C=O) groups excluding carboxylic acids is 1. The zero-order valence-electron chi connectivity index (χ0n) is 16.3. The predicted molar refractivity (Wildman–Crippen MR) is 105 cm³/mol. The number of phenols is 1. The molecule has 0 atom stereocenters. The Morgan fingerprint density at radius 2 is 1.54 bits per heavy atom. The van der Waals surface area contributed by atoms with E-state index in [0.29, 0.717) is 16.8 Å². The molecule has 26 heavy (non-hydrogen) atoms. The Balaban J connectivity index is 2.49. The Hall–Kier alpha value is -2.80. The van der Waals surface area contributed by atoms with Gasteiger partial charge in [0.2, 0.25) is 0 Å². The van der Waals surface area contributed by atoms with Crippen LogP contribution in [0.25, 0.3) is 0 Å². The van der Waals surface area contributed by atoms with Crippen molar-refractivity contribution >= 4 is 11.6 Å². The highest BCUT2D eigenvalue weighted by Gasteiger charge is 2.27. The molecule has 2 N–H and O–H groups in total. The van der Waals surface area contributed by atoms with Gasteiger partial charge in [0.05, 0.1) is 11.6 Å². The van der Waals surface area contributed by atoms with Crippen LogP contribution in [0, 0.1) is 11.3 Å². The average Bonchev–Trinajstić information content (AvgIpc) is 2.54. The third kappa shape index (κ3) is 4.23. The summed E-state index contributed by atoms with van der Waals surface area (Å²) in [6.07, 6.45) is 0. The van der Waals surface area contributed by atoms with Crippen LogP contribution < -0.4 is 5.32 Å². The number of rotatable bonds is 2. The number of phenolic OH excluding ortho intramolecular Hbond substituents is 1. The molecule has 0 spiro atoms. The number of nitriles is 1.